The number of hydrogen-bond donors (Lipinski definition) is 1. The average Bonchev–Trinajstić information content (AvgIpc) is 3.01. The highest BCUT2D eigenvalue weighted by Gasteiger charge is 2.18. The molecule has 0 aliphatic carbocycles. The quantitative estimate of drug-likeness (QED) is 0.862. The van der Waals surface area contributed by atoms with Crippen molar-refractivity contribution < 1.29 is 13.2 Å². The zero-order chi connectivity index (χ0) is 15.3. The smallest absolute Gasteiger partial charge is 0.250 e. The van der Waals surface area contributed by atoms with E-state index >= 15 is 0 Å². The van der Waals surface area contributed by atoms with Crippen molar-refractivity contribution in [3.05, 3.63) is 47.6 Å². The van der Waals surface area contributed by atoms with Crippen LogP contribution in [0.1, 0.15) is 5.56 Å². The van der Waals surface area contributed by atoms with Gasteiger partial charge in [-0.3, -0.25) is 9.78 Å². The van der Waals surface area contributed by atoms with Gasteiger partial charge in [0.15, 0.2) is 0 Å². The fourth-order valence-corrected chi connectivity index (χ4v) is 3.64. The molecule has 0 saturated heterocycles. The Balaban J connectivity index is 1.90. The fourth-order valence-electron chi connectivity index (χ4n) is 1.63. The summed E-state index contributed by atoms with van der Waals surface area (Å²) >= 11 is 1.11. The number of sulfonamides is 1. The van der Waals surface area contributed by atoms with Gasteiger partial charge in [-0.15, -0.1) is 11.3 Å². The van der Waals surface area contributed by atoms with Gasteiger partial charge in [-0.2, -0.15) is 0 Å². The monoisotopic (exact) mass is 325 g/mol. The molecule has 21 heavy (non-hydrogen) atoms. The third kappa shape index (κ3) is 4.35. The maximum absolute atomic E-state index is 11.9. The van der Waals surface area contributed by atoms with E-state index in [1.54, 1.807) is 37.0 Å². The molecule has 0 aliphatic rings. The number of carbonyl (C=O) groups is 1. The van der Waals surface area contributed by atoms with E-state index in [0.717, 1.165) is 16.9 Å². The molecule has 0 fully saturated rings. The first kappa shape index (κ1) is 15.6. The van der Waals surface area contributed by atoms with E-state index in [1.807, 2.05) is 6.07 Å². The summed E-state index contributed by atoms with van der Waals surface area (Å²) in [6.07, 6.45) is 3.32. The molecule has 2 aromatic heterocycles. The largest absolute Gasteiger partial charge is 0.340 e. The first-order valence-corrected chi connectivity index (χ1v) is 8.51. The van der Waals surface area contributed by atoms with Crippen LogP contribution in [0.4, 0.5) is 0 Å². The molecule has 8 heteroatoms. The van der Waals surface area contributed by atoms with Crippen LogP contribution in [0.2, 0.25) is 0 Å². The minimum atomic E-state index is -3.61. The molecule has 2 rings (SSSR count). The summed E-state index contributed by atoms with van der Waals surface area (Å²) in [4.78, 5) is 17.4. The van der Waals surface area contributed by atoms with E-state index in [2.05, 4.69) is 9.71 Å². The Morgan fingerprint density at radius 3 is 2.81 bits per heavy atom. The van der Waals surface area contributed by atoms with Gasteiger partial charge in [-0.05, 0) is 23.1 Å². The minimum Gasteiger partial charge on any atom is -0.340 e. The highest BCUT2D eigenvalue weighted by Crippen LogP contribution is 2.14. The summed E-state index contributed by atoms with van der Waals surface area (Å²) in [5.41, 5.74) is 0.884. The molecule has 0 radical (unpaired) electrons. The fraction of sp³-hybridized carbons (Fsp3) is 0.231. The van der Waals surface area contributed by atoms with E-state index in [4.69, 9.17) is 0 Å². The number of aromatic nitrogens is 1. The number of hydrogen-bond acceptors (Lipinski definition) is 5. The van der Waals surface area contributed by atoms with Crippen molar-refractivity contribution in [2.45, 2.75) is 10.8 Å². The normalized spacial score (nSPS) is 11.3. The number of likely N-dealkylation sites (N-methyl/N-ethyl adjacent to an activating group) is 1. The molecule has 0 aromatic carbocycles. The predicted octanol–water partition coefficient (Wildman–Crippen LogP) is 1.08. The van der Waals surface area contributed by atoms with E-state index < -0.39 is 10.0 Å². The van der Waals surface area contributed by atoms with Crippen LogP contribution in [-0.2, 0) is 21.4 Å². The van der Waals surface area contributed by atoms with E-state index in [0.29, 0.717) is 6.54 Å². The second kappa shape index (κ2) is 6.79. The van der Waals surface area contributed by atoms with Crippen LogP contribution in [0.5, 0.6) is 0 Å². The molecule has 2 heterocycles. The second-order valence-electron chi connectivity index (χ2n) is 4.37. The van der Waals surface area contributed by atoms with Crippen LogP contribution >= 0.6 is 11.3 Å². The van der Waals surface area contributed by atoms with Crippen molar-refractivity contribution in [2.75, 3.05) is 13.6 Å². The van der Waals surface area contributed by atoms with Gasteiger partial charge in [0.25, 0.3) is 10.0 Å². The summed E-state index contributed by atoms with van der Waals surface area (Å²) in [5, 5.41) is 1.67. The summed E-state index contributed by atoms with van der Waals surface area (Å²) < 4.78 is 26.3. The summed E-state index contributed by atoms with van der Waals surface area (Å²) in [6.45, 7) is 0.115. The Morgan fingerprint density at radius 1 is 1.38 bits per heavy atom. The Kier molecular flexibility index (Phi) is 5.05. The van der Waals surface area contributed by atoms with Gasteiger partial charge in [-0.25, -0.2) is 13.1 Å². The van der Waals surface area contributed by atoms with Crippen LogP contribution in [-0.4, -0.2) is 37.8 Å². The van der Waals surface area contributed by atoms with Gasteiger partial charge in [0, 0.05) is 26.0 Å². The maximum atomic E-state index is 11.9. The van der Waals surface area contributed by atoms with Crippen molar-refractivity contribution in [3.8, 4) is 0 Å². The second-order valence-corrected chi connectivity index (χ2v) is 7.31. The third-order valence-corrected chi connectivity index (χ3v) is 5.54. The zero-order valence-corrected chi connectivity index (χ0v) is 13.0. The number of nitrogens with zero attached hydrogens (tertiary/aromatic N) is 2. The first-order valence-electron chi connectivity index (χ1n) is 6.15. The first-order chi connectivity index (χ1) is 9.99. The molecular formula is C13H15N3O3S2. The van der Waals surface area contributed by atoms with Gasteiger partial charge >= 0.3 is 0 Å². The molecule has 0 unspecified atom stereocenters. The molecule has 6 nitrogen and oxygen atoms in total. The average molecular weight is 325 g/mol. The molecule has 0 aliphatic heterocycles. The van der Waals surface area contributed by atoms with Crippen molar-refractivity contribution in [3.63, 3.8) is 0 Å². The topological polar surface area (TPSA) is 79.4 Å². The van der Waals surface area contributed by atoms with Gasteiger partial charge in [0.1, 0.15) is 4.21 Å². The number of pyridine rings is 1. The zero-order valence-electron chi connectivity index (χ0n) is 11.4. The van der Waals surface area contributed by atoms with Crippen LogP contribution in [0, 0.1) is 0 Å². The molecular weight excluding hydrogens is 310 g/mol. The lowest BCUT2D eigenvalue weighted by molar-refractivity contribution is -0.129. The van der Waals surface area contributed by atoms with Gasteiger partial charge < -0.3 is 4.90 Å². The van der Waals surface area contributed by atoms with Crippen molar-refractivity contribution >= 4 is 27.3 Å². The molecule has 2 aromatic rings. The Hall–Kier alpha value is -1.77. The van der Waals surface area contributed by atoms with Crippen molar-refractivity contribution in [2.24, 2.45) is 0 Å². The van der Waals surface area contributed by atoms with E-state index in [-0.39, 0.29) is 16.7 Å². The standard InChI is InChI=1S/C13H15N3O3S2/c1-16(10-11-4-2-6-14-8-11)12(17)9-15-21(18,19)13-5-3-7-20-13/h2-8,15H,9-10H2,1H3. The summed E-state index contributed by atoms with van der Waals surface area (Å²) in [6, 6.07) is 6.78. The number of thiophene rings is 1. The molecule has 1 amide bonds. The SMILES string of the molecule is CN(Cc1cccnc1)C(=O)CNS(=O)(=O)c1cccs1. The molecule has 112 valence electrons. The van der Waals surface area contributed by atoms with Crippen LogP contribution in [0.25, 0.3) is 0 Å². The van der Waals surface area contributed by atoms with Crippen LogP contribution in [0.3, 0.4) is 0 Å². The van der Waals surface area contributed by atoms with Gasteiger partial charge in [-0.1, -0.05) is 12.1 Å². The van der Waals surface area contributed by atoms with Crippen LogP contribution in [0.15, 0.2) is 46.2 Å². The Morgan fingerprint density at radius 2 is 2.19 bits per heavy atom. The molecule has 1 N–H and O–H groups in total. The third-order valence-electron chi connectivity index (χ3n) is 2.74. The van der Waals surface area contributed by atoms with Gasteiger partial charge in [0.2, 0.25) is 5.91 Å². The summed E-state index contributed by atoms with van der Waals surface area (Å²) in [5.74, 6) is -0.306. The molecule has 0 spiro atoms. The molecule has 0 atom stereocenters. The number of nitrogens with one attached hydrogen (secondary N) is 1. The lowest BCUT2D eigenvalue weighted by Crippen LogP contribution is -2.37. The lowest BCUT2D eigenvalue weighted by atomic mass is 10.3. The van der Waals surface area contributed by atoms with Crippen molar-refractivity contribution in [1.29, 1.82) is 0 Å². The minimum absolute atomic E-state index is 0.199. The number of rotatable bonds is 6. The van der Waals surface area contributed by atoms with Gasteiger partial charge in [0.05, 0.1) is 6.54 Å². The highest BCUT2D eigenvalue weighted by atomic mass is 32.2. The molecule has 0 bridgehead atoms. The Labute approximate surface area is 127 Å². The number of amides is 1. The van der Waals surface area contributed by atoms with E-state index in [1.165, 1.54) is 11.0 Å². The maximum Gasteiger partial charge on any atom is 0.250 e. The molecule has 0 saturated carbocycles. The van der Waals surface area contributed by atoms with Crippen molar-refractivity contribution in [1.82, 2.24) is 14.6 Å². The van der Waals surface area contributed by atoms with E-state index in [9.17, 15) is 13.2 Å². The summed E-state index contributed by atoms with van der Waals surface area (Å²) in [7, 11) is -1.99. The number of carbonyl (C=O) groups excluding carboxylic acids is 1. The predicted molar refractivity (Wildman–Crippen MR) is 80.2 cm³/mol. The Bertz CT molecular complexity index is 685. The van der Waals surface area contributed by atoms with Crippen LogP contribution < -0.4 is 4.72 Å². The lowest BCUT2D eigenvalue weighted by Gasteiger charge is -2.17. The highest BCUT2D eigenvalue weighted by molar-refractivity contribution is 7.91.